The maximum Gasteiger partial charge on any atom is 0.159 e. The largest absolute Gasteiger partial charge is 0.505 e. The standard InChI is InChI=1S/C77H64N2O3/c1-3-5-27-53(28-6-4-2)57-41-25-47-67(75(57)80)78(65-45-22-20-35-55(65)51-29-10-7-11-30-51)69-49-71-73(61-39-18-16-37-59(61)69)74-62-40-19-17-38-60(62)70(50-72(74)81-71)79(66-46-23-21-36-56(66)52-31-12-8-13-32-52)68-48-26-44-64-63-43-24-42-58(76(63)82-77(64)68)54-33-14-9-15-34-54/h3,5,7-8,10-13,16-27,29-32,35-50,53-54,80H,1,4,6,9,14-15,28,33-34H2,2H3/b27-5-. The highest BCUT2D eigenvalue weighted by Crippen LogP contribution is 2.54. The van der Waals surface area contributed by atoms with Crippen molar-refractivity contribution in [2.24, 2.45) is 0 Å². The number of benzene rings is 11. The van der Waals surface area contributed by atoms with Gasteiger partial charge in [-0.05, 0) is 76.9 Å². The summed E-state index contributed by atoms with van der Waals surface area (Å²) in [6.45, 7) is 6.21. The van der Waals surface area contributed by atoms with E-state index in [0.29, 0.717) is 11.6 Å². The zero-order chi connectivity index (χ0) is 55.1. The second-order valence-electron chi connectivity index (χ2n) is 22.1. The van der Waals surface area contributed by atoms with Crippen molar-refractivity contribution < 1.29 is 13.9 Å². The first-order valence-electron chi connectivity index (χ1n) is 29.3. The second-order valence-corrected chi connectivity index (χ2v) is 22.1. The van der Waals surface area contributed by atoms with Gasteiger partial charge in [-0.3, -0.25) is 0 Å². The van der Waals surface area contributed by atoms with E-state index in [9.17, 15) is 5.11 Å². The number of phenols is 1. The Kier molecular flexibility index (Phi) is 13.5. The van der Waals surface area contributed by atoms with Crippen molar-refractivity contribution in [2.45, 2.75) is 70.1 Å². The van der Waals surface area contributed by atoms with Crippen LogP contribution in [0.15, 0.2) is 258 Å². The van der Waals surface area contributed by atoms with Crippen LogP contribution in [0.25, 0.3) is 87.7 Å². The third-order valence-electron chi connectivity index (χ3n) is 17.2. The van der Waals surface area contributed by atoms with E-state index in [1.807, 2.05) is 18.2 Å². The fraction of sp³-hybridized carbons (Fsp3) is 0.143. The monoisotopic (exact) mass is 1060 g/mol. The molecule has 1 atom stereocenters. The zero-order valence-electron chi connectivity index (χ0n) is 46.3. The van der Waals surface area contributed by atoms with E-state index in [2.05, 4.69) is 248 Å². The summed E-state index contributed by atoms with van der Waals surface area (Å²) < 4.78 is 14.8. The van der Waals surface area contributed by atoms with Gasteiger partial charge in [0.15, 0.2) is 5.58 Å². The van der Waals surface area contributed by atoms with Crippen LogP contribution >= 0.6 is 0 Å². The van der Waals surface area contributed by atoms with Crippen LogP contribution in [-0.4, -0.2) is 5.11 Å². The molecule has 0 bridgehead atoms. The normalized spacial score (nSPS) is 13.5. The molecule has 5 nitrogen and oxygen atoms in total. The number of furan rings is 2. The van der Waals surface area contributed by atoms with E-state index in [4.69, 9.17) is 8.83 Å². The van der Waals surface area contributed by atoms with Gasteiger partial charge in [0.05, 0.1) is 34.1 Å². The van der Waals surface area contributed by atoms with Gasteiger partial charge < -0.3 is 23.7 Å². The fourth-order valence-corrected chi connectivity index (χ4v) is 13.4. The van der Waals surface area contributed by atoms with Crippen LogP contribution in [0.3, 0.4) is 0 Å². The lowest BCUT2D eigenvalue weighted by molar-refractivity contribution is 0.442. The molecule has 2 heterocycles. The van der Waals surface area contributed by atoms with Gasteiger partial charge in [0.2, 0.25) is 0 Å². The summed E-state index contributed by atoms with van der Waals surface area (Å²) >= 11 is 0. The van der Waals surface area contributed by atoms with Crippen LogP contribution in [0.5, 0.6) is 5.75 Å². The quantitative estimate of drug-likeness (QED) is 0.104. The minimum absolute atomic E-state index is 0.0155. The highest BCUT2D eigenvalue weighted by molar-refractivity contribution is 6.30. The molecule has 400 valence electrons. The van der Waals surface area contributed by atoms with E-state index in [-0.39, 0.29) is 11.7 Å². The Morgan fingerprint density at radius 2 is 0.976 bits per heavy atom. The molecule has 13 aromatic rings. The minimum Gasteiger partial charge on any atom is -0.505 e. The van der Waals surface area contributed by atoms with Gasteiger partial charge in [-0.25, -0.2) is 0 Å². The molecule has 1 N–H and O–H groups in total. The summed E-state index contributed by atoms with van der Waals surface area (Å²) in [5.74, 6) is 0.699. The molecule has 0 radical (unpaired) electrons. The van der Waals surface area contributed by atoms with E-state index in [1.54, 1.807) is 0 Å². The Hall–Kier alpha value is -9.58. The lowest BCUT2D eigenvalue weighted by Crippen LogP contribution is -2.13. The zero-order valence-corrected chi connectivity index (χ0v) is 46.3. The predicted octanol–water partition coefficient (Wildman–Crippen LogP) is 22.8. The van der Waals surface area contributed by atoms with Gasteiger partial charge in [-0.1, -0.05) is 252 Å². The maximum absolute atomic E-state index is 12.9. The molecule has 1 aliphatic carbocycles. The number of hydrogen-bond donors (Lipinski definition) is 1. The molecular formula is C77H64N2O3. The number of para-hydroxylation sites is 5. The lowest BCUT2D eigenvalue weighted by Gasteiger charge is -2.30. The number of anilines is 6. The minimum atomic E-state index is -0.0155. The molecule has 0 saturated heterocycles. The van der Waals surface area contributed by atoms with Crippen LogP contribution < -0.4 is 9.80 Å². The first-order valence-corrected chi connectivity index (χ1v) is 29.3. The van der Waals surface area contributed by atoms with Crippen molar-refractivity contribution in [3.05, 3.63) is 260 Å². The molecular weight excluding hydrogens is 1000 g/mol. The number of phenolic OH excluding ortho intramolecular Hbond substituents is 1. The van der Waals surface area contributed by atoms with Crippen LogP contribution in [0, 0.1) is 0 Å². The van der Waals surface area contributed by atoms with Crippen LogP contribution in [0.4, 0.5) is 34.1 Å². The number of nitrogens with zero attached hydrogens (tertiary/aromatic N) is 2. The molecule has 1 aliphatic rings. The van der Waals surface area contributed by atoms with E-state index >= 15 is 0 Å². The van der Waals surface area contributed by atoms with Crippen LogP contribution in [0.1, 0.15) is 81.3 Å². The Labute approximate surface area is 479 Å². The Morgan fingerprint density at radius 1 is 0.488 bits per heavy atom. The number of rotatable bonds is 15. The fourth-order valence-electron chi connectivity index (χ4n) is 13.4. The Bertz CT molecular complexity index is 4540. The maximum atomic E-state index is 12.9. The third-order valence-corrected chi connectivity index (χ3v) is 17.2. The first-order chi connectivity index (χ1) is 40.6. The van der Waals surface area contributed by atoms with Gasteiger partial charge >= 0.3 is 0 Å². The summed E-state index contributed by atoms with van der Waals surface area (Å²) in [5.41, 5.74) is 15.3. The summed E-state index contributed by atoms with van der Waals surface area (Å²) in [6.07, 6.45) is 15.1. The van der Waals surface area contributed by atoms with Crippen molar-refractivity contribution in [1.82, 2.24) is 0 Å². The SMILES string of the molecule is C=C/C=C\C(CCCC)c1cccc(N(c2ccccc2-c2ccccc2)c2cc3oc4cc(N(c5ccccc5-c5ccccc5)c5cccc6c5oc5c(C7CCCCC7)cccc56)c5ccccc5c4c3c3ccccc23)c1O. The van der Waals surface area contributed by atoms with Gasteiger partial charge in [0.25, 0.3) is 0 Å². The Balaban J connectivity index is 1.04. The van der Waals surface area contributed by atoms with Crippen LogP contribution in [-0.2, 0) is 0 Å². The average Bonchev–Trinajstić information content (AvgIpc) is 3.39. The van der Waals surface area contributed by atoms with Crippen molar-refractivity contribution in [2.75, 3.05) is 9.80 Å². The molecule has 2 aromatic heterocycles. The van der Waals surface area contributed by atoms with Gasteiger partial charge in [0, 0.05) is 67.1 Å². The van der Waals surface area contributed by atoms with Gasteiger partial charge in [0.1, 0.15) is 22.5 Å². The second kappa shape index (κ2) is 21.8. The number of hydrogen-bond acceptors (Lipinski definition) is 5. The topological polar surface area (TPSA) is 53.0 Å². The average molecular weight is 1070 g/mol. The van der Waals surface area contributed by atoms with Crippen molar-refractivity contribution in [1.29, 1.82) is 0 Å². The highest BCUT2D eigenvalue weighted by Gasteiger charge is 2.30. The number of allylic oxidation sites excluding steroid dienone is 3. The highest BCUT2D eigenvalue weighted by atomic mass is 16.3. The molecule has 11 aromatic carbocycles. The number of aromatic hydroxyl groups is 1. The lowest BCUT2D eigenvalue weighted by atomic mass is 9.83. The summed E-state index contributed by atoms with van der Waals surface area (Å²) in [6, 6.07) is 80.0. The Morgan fingerprint density at radius 3 is 1.57 bits per heavy atom. The van der Waals surface area contributed by atoms with Crippen molar-refractivity contribution >= 4 is 99.5 Å². The summed E-state index contributed by atoms with van der Waals surface area (Å²) in [5, 5.41) is 21.5. The molecule has 14 rings (SSSR count). The molecule has 82 heavy (non-hydrogen) atoms. The number of fused-ring (bicyclic) bond motifs is 10. The van der Waals surface area contributed by atoms with Crippen LogP contribution in [0.2, 0.25) is 0 Å². The van der Waals surface area contributed by atoms with Gasteiger partial charge in [-0.15, -0.1) is 0 Å². The number of unbranched alkanes of at least 4 members (excludes halogenated alkanes) is 1. The molecule has 1 fully saturated rings. The van der Waals surface area contributed by atoms with E-state index < -0.39 is 0 Å². The molecule has 1 saturated carbocycles. The molecule has 0 aliphatic heterocycles. The third kappa shape index (κ3) is 8.80. The summed E-state index contributed by atoms with van der Waals surface area (Å²) in [4.78, 5) is 4.67. The van der Waals surface area contributed by atoms with E-state index in [0.717, 1.165) is 141 Å². The first kappa shape index (κ1) is 50.6. The van der Waals surface area contributed by atoms with E-state index in [1.165, 1.54) is 37.7 Å². The molecule has 5 heteroatoms. The molecule has 0 amide bonds. The summed E-state index contributed by atoms with van der Waals surface area (Å²) in [7, 11) is 0. The molecule has 0 spiro atoms. The van der Waals surface area contributed by atoms with Crippen molar-refractivity contribution in [3.63, 3.8) is 0 Å². The smallest absolute Gasteiger partial charge is 0.159 e. The molecule has 1 unspecified atom stereocenters. The van der Waals surface area contributed by atoms with Gasteiger partial charge in [-0.2, -0.15) is 0 Å². The predicted molar refractivity (Wildman–Crippen MR) is 345 cm³/mol. The van der Waals surface area contributed by atoms with Crippen molar-refractivity contribution in [3.8, 4) is 28.0 Å².